The van der Waals surface area contributed by atoms with Crippen LogP contribution in [0.1, 0.15) is 51.2 Å². The van der Waals surface area contributed by atoms with E-state index in [0.717, 1.165) is 56.4 Å². The molecule has 2 aliphatic rings. The van der Waals surface area contributed by atoms with E-state index >= 15 is 0 Å². The minimum atomic E-state index is -0.209. The number of anilines is 1. The fraction of sp³-hybridized carbons (Fsp3) is 0.789. The van der Waals surface area contributed by atoms with Crippen molar-refractivity contribution < 1.29 is 10.2 Å². The topological polar surface area (TPSA) is 72.7 Å². The summed E-state index contributed by atoms with van der Waals surface area (Å²) in [4.78, 5) is 14.2. The van der Waals surface area contributed by atoms with Gasteiger partial charge in [-0.25, -0.2) is 9.97 Å². The normalized spacial score (nSPS) is 32.6. The predicted molar refractivity (Wildman–Crippen MR) is 98.5 cm³/mol. The van der Waals surface area contributed by atoms with E-state index < -0.39 is 0 Å². The van der Waals surface area contributed by atoms with Gasteiger partial charge in [0.1, 0.15) is 11.6 Å². The average Bonchev–Trinajstić information content (AvgIpc) is 2.58. The van der Waals surface area contributed by atoms with Crippen LogP contribution in [-0.2, 0) is 0 Å². The number of rotatable bonds is 3. The predicted octanol–water partition coefficient (Wildman–Crippen LogP) is 1.76. The summed E-state index contributed by atoms with van der Waals surface area (Å²) in [5, 5.41) is 19.9. The third kappa shape index (κ3) is 4.13. The monoisotopic (exact) mass is 348 g/mol. The summed E-state index contributed by atoms with van der Waals surface area (Å²) in [6.07, 6.45) is 1.19. The van der Waals surface area contributed by atoms with Crippen molar-refractivity contribution in [2.24, 2.45) is 11.8 Å². The molecule has 25 heavy (non-hydrogen) atoms. The van der Waals surface area contributed by atoms with Crippen LogP contribution in [0.4, 0.5) is 5.82 Å². The maximum absolute atomic E-state index is 9.97. The molecule has 0 aromatic carbocycles. The number of aliphatic hydroxyl groups is 2. The molecule has 6 heteroatoms. The molecular weight excluding hydrogens is 316 g/mol. The Kier molecular flexibility index (Phi) is 5.61. The lowest BCUT2D eigenvalue weighted by Crippen LogP contribution is -2.44. The molecule has 0 bridgehead atoms. The van der Waals surface area contributed by atoms with Crippen LogP contribution in [-0.4, -0.2) is 63.5 Å². The summed E-state index contributed by atoms with van der Waals surface area (Å²) in [5.74, 6) is 2.37. The van der Waals surface area contributed by atoms with E-state index in [1.54, 1.807) is 0 Å². The van der Waals surface area contributed by atoms with Crippen LogP contribution in [0, 0.1) is 18.8 Å². The Balaban J connectivity index is 1.77. The van der Waals surface area contributed by atoms with Crippen LogP contribution >= 0.6 is 0 Å². The molecule has 1 aromatic rings. The van der Waals surface area contributed by atoms with Gasteiger partial charge < -0.3 is 15.1 Å². The highest BCUT2D eigenvalue weighted by molar-refractivity contribution is 5.40. The van der Waals surface area contributed by atoms with Gasteiger partial charge in [0.25, 0.3) is 0 Å². The Morgan fingerprint density at radius 3 is 2.32 bits per heavy atom. The Labute approximate surface area is 150 Å². The SMILES string of the molecule is Cc1cc(N2CCC(O)C(C)C2)nc(C(C)N2CCC(O)C(C)C2)n1. The number of aromatic nitrogens is 2. The van der Waals surface area contributed by atoms with Crippen LogP contribution in [0.25, 0.3) is 0 Å². The molecular formula is C19H32N4O2. The van der Waals surface area contributed by atoms with Gasteiger partial charge in [-0.1, -0.05) is 13.8 Å². The van der Waals surface area contributed by atoms with Crippen molar-refractivity contribution in [3.8, 4) is 0 Å². The van der Waals surface area contributed by atoms with E-state index in [9.17, 15) is 10.2 Å². The summed E-state index contributed by atoms with van der Waals surface area (Å²) in [7, 11) is 0. The summed E-state index contributed by atoms with van der Waals surface area (Å²) in [6, 6.07) is 2.19. The fourth-order valence-corrected chi connectivity index (χ4v) is 3.95. The van der Waals surface area contributed by atoms with Crippen LogP contribution in [0.3, 0.4) is 0 Å². The molecule has 140 valence electrons. The van der Waals surface area contributed by atoms with Gasteiger partial charge in [-0.15, -0.1) is 0 Å². The van der Waals surface area contributed by atoms with E-state index in [0.29, 0.717) is 0 Å². The molecule has 2 fully saturated rings. The van der Waals surface area contributed by atoms with Crippen LogP contribution in [0.2, 0.25) is 0 Å². The molecule has 0 radical (unpaired) electrons. The van der Waals surface area contributed by atoms with Gasteiger partial charge in [0.05, 0.1) is 18.2 Å². The van der Waals surface area contributed by atoms with Gasteiger partial charge in [0, 0.05) is 37.9 Å². The second-order valence-electron chi connectivity index (χ2n) is 8.01. The molecule has 1 aromatic heterocycles. The van der Waals surface area contributed by atoms with Gasteiger partial charge in [-0.2, -0.15) is 0 Å². The zero-order chi connectivity index (χ0) is 18.1. The molecule has 2 saturated heterocycles. The third-order valence-electron chi connectivity index (χ3n) is 5.85. The first kappa shape index (κ1) is 18.5. The van der Waals surface area contributed by atoms with Gasteiger partial charge in [0.2, 0.25) is 0 Å². The van der Waals surface area contributed by atoms with Crippen LogP contribution in [0.15, 0.2) is 6.07 Å². The molecule has 0 spiro atoms. The zero-order valence-corrected chi connectivity index (χ0v) is 15.9. The number of hydrogen-bond donors (Lipinski definition) is 2. The van der Waals surface area contributed by atoms with Crippen molar-refractivity contribution in [2.45, 2.75) is 58.8 Å². The van der Waals surface area contributed by atoms with Crippen molar-refractivity contribution in [2.75, 3.05) is 31.1 Å². The maximum Gasteiger partial charge on any atom is 0.147 e. The fourth-order valence-electron chi connectivity index (χ4n) is 3.95. The quantitative estimate of drug-likeness (QED) is 0.867. The largest absolute Gasteiger partial charge is 0.393 e. The summed E-state index contributed by atoms with van der Waals surface area (Å²) in [5.41, 5.74) is 0.982. The van der Waals surface area contributed by atoms with Crippen molar-refractivity contribution in [3.63, 3.8) is 0 Å². The molecule has 0 aliphatic carbocycles. The van der Waals surface area contributed by atoms with E-state index in [4.69, 9.17) is 9.97 Å². The van der Waals surface area contributed by atoms with Crippen molar-refractivity contribution in [3.05, 3.63) is 17.6 Å². The number of aliphatic hydroxyl groups excluding tert-OH is 2. The lowest BCUT2D eigenvalue weighted by molar-refractivity contribution is 0.0184. The Hall–Kier alpha value is -1.24. The molecule has 2 aliphatic heterocycles. The summed E-state index contributed by atoms with van der Waals surface area (Å²) < 4.78 is 0. The van der Waals surface area contributed by atoms with Gasteiger partial charge >= 0.3 is 0 Å². The van der Waals surface area contributed by atoms with E-state index in [2.05, 4.69) is 30.6 Å². The second kappa shape index (κ2) is 7.56. The average molecular weight is 348 g/mol. The minimum Gasteiger partial charge on any atom is -0.393 e. The third-order valence-corrected chi connectivity index (χ3v) is 5.85. The van der Waals surface area contributed by atoms with E-state index in [-0.39, 0.29) is 30.1 Å². The molecule has 0 amide bonds. The van der Waals surface area contributed by atoms with Crippen LogP contribution in [0.5, 0.6) is 0 Å². The molecule has 5 unspecified atom stereocenters. The molecule has 0 saturated carbocycles. The summed E-state index contributed by atoms with van der Waals surface area (Å²) in [6.45, 7) is 11.8. The molecule has 2 N–H and O–H groups in total. The van der Waals surface area contributed by atoms with Crippen LogP contribution < -0.4 is 4.90 Å². The Morgan fingerprint density at radius 2 is 1.68 bits per heavy atom. The van der Waals surface area contributed by atoms with Gasteiger partial charge in [0.15, 0.2) is 0 Å². The first-order valence-corrected chi connectivity index (χ1v) is 9.56. The van der Waals surface area contributed by atoms with Crippen molar-refractivity contribution in [1.82, 2.24) is 14.9 Å². The minimum absolute atomic E-state index is 0.140. The number of aryl methyl sites for hydroxylation is 1. The standard InChI is InChI=1S/C19H32N4O2/c1-12-10-22(7-5-16(12)24)15(4)19-20-14(3)9-18(21-19)23-8-6-17(25)13(2)11-23/h9,12-13,15-17,24-25H,5-8,10-11H2,1-4H3. The number of hydrogen-bond acceptors (Lipinski definition) is 6. The van der Waals surface area contributed by atoms with E-state index in [1.807, 2.05) is 13.0 Å². The lowest BCUT2D eigenvalue weighted by Gasteiger charge is -2.38. The smallest absolute Gasteiger partial charge is 0.147 e. The first-order valence-electron chi connectivity index (χ1n) is 9.56. The molecule has 6 nitrogen and oxygen atoms in total. The van der Waals surface area contributed by atoms with Crippen molar-refractivity contribution in [1.29, 1.82) is 0 Å². The zero-order valence-electron chi connectivity index (χ0n) is 15.9. The highest BCUT2D eigenvalue weighted by Crippen LogP contribution is 2.28. The molecule has 3 heterocycles. The Bertz CT molecular complexity index is 597. The number of likely N-dealkylation sites (tertiary alicyclic amines) is 1. The second-order valence-corrected chi connectivity index (χ2v) is 8.01. The maximum atomic E-state index is 9.97. The number of nitrogens with zero attached hydrogens (tertiary/aromatic N) is 4. The van der Waals surface area contributed by atoms with E-state index in [1.165, 1.54) is 0 Å². The van der Waals surface area contributed by atoms with Gasteiger partial charge in [-0.3, -0.25) is 4.90 Å². The van der Waals surface area contributed by atoms with Crippen molar-refractivity contribution >= 4 is 5.82 Å². The Morgan fingerprint density at radius 1 is 1.04 bits per heavy atom. The summed E-state index contributed by atoms with van der Waals surface area (Å²) >= 11 is 0. The first-order chi connectivity index (χ1) is 11.8. The highest BCUT2D eigenvalue weighted by atomic mass is 16.3. The molecule has 5 atom stereocenters. The highest BCUT2D eigenvalue weighted by Gasteiger charge is 2.30. The lowest BCUT2D eigenvalue weighted by atomic mass is 9.95. The molecule has 3 rings (SSSR count). The van der Waals surface area contributed by atoms with Gasteiger partial charge in [-0.05, 0) is 38.5 Å². The number of piperidine rings is 2.